The van der Waals surface area contributed by atoms with E-state index in [1.165, 1.54) is 11.8 Å². The molecule has 6 nitrogen and oxygen atoms in total. The van der Waals surface area contributed by atoms with Gasteiger partial charge in [-0.05, 0) is 5.25 Å². The van der Waals surface area contributed by atoms with Gasteiger partial charge in [0.1, 0.15) is 5.52 Å². The van der Waals surface area contributed by atoms with Gasteiger partial charge in [0.05, 0.1) is 0 Å². The lowest BCUT2D eigenvalue weighted by molar-refractivity contribution is 1.08. The minimum atomic E-state index is 0.118. The average Bonchev–Trinajstić information content (AvgIpc) is 2.61. The molecule has 0 atom stereocenters. The molecule has 0 saturated heterocycles. The molecule has 0 aromatic carbocycles. The van der Waals surface area contributed by atoms with Crippen LogP contribution < -0.4 is 11.5 Å². The minimum Gasteiger partial charge on any atom is -0.382 e. The fourth-order valence-electron chi connectivity index (χ4n) is 1.12. The number of anilines is 2. The van der Waals surface area contributed by atoms with Gasteiger partial charge in [-0.3, -0.25) is 0 Å². The molecule has 0 fully saturated rings. The van der Waals surface area contributed by atoms with E-state index in [9.17, 15) is 0 Å². The number of hydrogen-bond acceptors (Lipinski definition) is 6. The van der Waals surface area contributed by atoms with Gasteiger partial charge in [0, 0.05) is 18.2 Å². The number of aromatic nitrogens is 4. The summed E-state index contributed by atoms with van der Waals surface area (Å²) in [6.45, 7) is 1.98. The Morgan fingerprint density at radius 3 is 2.88 bits per heavy atom. The fourth-order valence-corrected chi connectivity index (χ4v) is 1.72. The largest absolute Gasteiger partial charge is 0.382 e. The molecule has 0 spiro atoms. The van der Waals surface area contributed by atoms with E-state index in [0.29, 0.717) is 22.1 Å². The molecule has 5 N–H and O–H groups in total. The molecule has 0 amide bonds. The number of H-pyrrole nitrogens is 1. The molecule has 16 heavy (non-hydrogen) atoms. The van der Waals surface area contributed by atoms with Crippen LogP contribution in [0, 0.1) is 11.2 Å². The van der Waals surface area contributed by atoms with Crippen molar-refractivity contribution in [3.63, 3.8) is 0 Å². The predicted molar refractivity (Wildman–Crippen MR) is 64.4 cm³/mol. The molecule has 2 heterocycles. The lowest BCUT2D eigenvalue weighted by Crippen LogP contribution is -1.99. The van der Waals surface area contributed by atoms with Crippen molar-refractivity contribution in [3.8, 4) is 11.2 Å². The SMILES string of the molecule is CCC#CSc1nc2nc(N)nc(N)c2[nH]1. The molecule has 2 aromatic heterocycles. The number of nitrogens with zero attached hydrogens (tertiary/aromatic N) is 3. The van der Waals surface area contributed by atoms with Crippen molar-refractivity contribution in [2.45, 2.75) is 18.5 Å². The van der Waals surface area contributed by atoms with E-state index in [0.717, 1.165) is 6.42 Å². The molecule has 2 aromatic rings. The van der Waals surface area contributed by atoms with Gasteiger partial charge in [-0.2, -0.15) is 9.97 Å². The lowest BCUT2D eigenvalue weighted by Gasteiger charge is -1.94. The van der Waals surface area contributed by atoms with Crippen LogP contribution in [0.5, 0.6) is 0 Å². The second-order valence-electron chi connectivity index (χ2n) is 2.94. The Morgan fingerprint density at radius 1 is 1.31 bits per heavy atom. The fraction of sp³-hybridized carbons (Fsp3) is 0.222. The van der Waals surface area contributed by atoms with Crippen molar-refractivity contribution in [1.82, 2.24) is 19.9 Å². The van der Waals surface area contributed by atoms with Crippen LogP contribution in [-0.4, -0.2) is 19.9 Å². The van der Waals surface area contributed by atoms with Crippen molar-refractivity contribution in [1.29, 1.82) is 0 Å². The van der Waals surface area contributed by atoms with E-state index in [2.05, 4.69) is 31.1 Å². The van der Waals surface area contributed by atoms with Gasteiger partial charge in [0.2, 0.25) is 5.95 Å². The molecule has 82 valence electrons. The van der Waals surface area contributed by atoms with Crippen LogP contribution in [0.4, 0.5) is 11.8 Å². The maximum Gasteiger partial charge on any atom is 0.224 e. The summed E-state index contributed by atoms with van der Waals surface area (Å²) in [6, 6.07) is 0. The molecule has 0 aliphatic carbocycles. The first-order chi connectivity index (χ1) is 7.70. The Labute approximate surface area is 96.2 Å². The third kappa shape index (κ3) is 2.01. The molecule has 7 heteroatoms. The highest BCUT2D eigenvalue weighted by atomic mass is 32.2. The topological polar surface area (TPSA) is 106 Å². The smallest absolute Gasteiger partial charge is 0.224 e. The number of hydrogen-bond donors (Lipinski definition) is 3. The maximum absolute atomic E-state index is 5.68. The number of imidazole rings is 1. The van der Waals surface area contributed by atoms with E-state index >= 15 is 0 Å². The zero-order valence-corrected chi connectivity index (χ0v) is 9.43. The standard InChI is InChI=1S/C9H10N6S/c1-2-3-4-16-9-12-5-6(10)13-8(11)14-7(5)15-9/h2H2,1H3,(H5,10,11,12,13,14,15). The summed E-state index contributed by atoms with van der Waals surface area (Å²) in [5.74, 6) is 3.34. The number of rotatable bonds is 1. The summed E-state index contributed by atoms with van der Waals surface area (Å²) >= 11 is 1.29. The predicted octanol–water partition coefficient (Wildman–Crippen LogP) is 0.980. The van der Waals surface area contributed by atoms with Gasteiger partial charge in [-0.1, -0.05) is 12.8 Å². The van der Waals surface area contributed by atoms with E-state index in [4.69, 9.17) is 11.5 Å². The Kier molecular flexibility index (Phi) is 2.83. The number of fused-ring (bicyclic) bond motifs is 1. The van der Waals surface area contributed by atoms with Crippen LogP contribution in [0.2, 0.25) is 0 Å². The molecule has 0 bridgehead atoms. The first-order valence-electron chi connectivity index (χ1n) is 4.64. The number of nitrogen functional groups attached to an aromatic ring is 2. The Bertz CT molecular complexity index is 579. The molecular weight excluding hydrogens is 224 g/mol. The molecule has 0 radical (unpaired) electrons. The van der Waals surface area contributed by atoms with Crippen LogP contribution in [0.3, 0.4) is 0 Å². The highest BCUT2D eigenvalue weighted by Crippen LogP contribution is 2.20. The lowest BCUT2D eigenvalue weighted by atomic mass is 10.5. The van der Waals surface area contributed by atoms with E-state index in [-0.39, 0.29) is 5.95 Å². The number of aromatic amines is 1. The third-order valence-electron chi connectivity index (χ3n) is 1.77. The second kappa shape index (κ2) is 4.28. The second-order valence-corrected chi connectivity index (χ2v) is 3.74. The summed E-state index contributed by atoms with van der Waals surface area (Å²) in [4.78, 5) is 15.0. The highest BCUT2D eigenvalue weighted by Gasteiger charge is 2.08. The van der Waals surface area contributed by atoms with Crippen LogP contribution in [-0.2, 0) is 0 Å². The van der Waals surface area contributed by atoms with Crippen LogP contribution >= 0.6 is 11.8 Å². The molecule has 0 saturated carbocycles. The first-order valence-corrected chi connectivity index (χ1v) is 5.45. The summed E-state index contributed by atoms with van der Waals surface area (Å²) in [5.41, 5.74) is 12.2. The van der Waals surface area contributed by atoms with Crippen molar-refractivity contribution in [3.05, 3.63) is 0 Å². The van der Waals surface area contributed by atoms with Gasteiger partial charge in [0.25, 0.3) is 0 Å². The maximum atomic E-state index is 5.68. The van der Waals surface area contributed by atoms with Crippen molar-refractivity contribution in [2.75, 3.05) is 11.5 Å². The molecule has 0 aliphatic rings. The zero-order chi connectivity index (χ0) is 11.5. The quantitative estimate of drug-likeness (QED) is 0.501. The summed E-state index contributed by atoms with van der Waals surface area (Å²) in [5, 5.41) is 3.54. The molecule has 0 aliphatic heterocycles. The van der Waals surface area contributed by atoms with Gasteiger partial charge in [-0.15, -0.1) is 0 Å². The number of nitrogens with two attached hydrogens (primary N) is 2. The van der Waals surface area contributed by atoms with Crippen molar-refractivity contribution < 1.29 is 0 Å². The first kappa shape index (κ1) is 10.6. The van der Waals surface area contributed by atoms with Gasteiger partial charge < -0.3 is 16.5 Å². The number of thioether (sulfide) groups is 1. The Balaban J connectivity index is 2.40. The third-order valence-corrected chi connectivity index (χ3v) is 2.40. The van der Waals surface area contributed by atoms with Crippen LogP contribution in [0.15, 0.2) is 5.16 Å². The van der Waals surface area contributed by atoms with E-state index in [1.54, 1.807) is 0 Å². The zero-order valence-electron chi connectivity index (χ0n) is 8.61. The highest BCUT2D eigenvalue weighted by molar-refractivity contribution is 8.03. The molecule has 0 unspecified atom stereocenters. The Hall–Kier alpha value is -1.94. The minimum absolute atomic E-state index is 0.118. The number of nitrogens with one attached hydrogen (secondary N) is 1. The Morgan fingerprint density at radius 2 is 2.12 bits per heavy atom. The summed E-state index contributed by atoms with van der Waals surface area (Å²) in [6.07, 6.45) is 0.808. The van der Waals surface area contributed by atoms with Gasteiger partial charge in [-0.25, -0.2) is 4.98 Å². The average molecular weight is 234 g/mol. The summed E-state index contributed by atoms with van der Waals surface area (Å²) in [7, 11) is 0. The van der Waals surface area contributed by atoms with Crippen molar-refractivity contribution in [2.24, 2.45) is 0 Å². The van der Waals surface area contributed by atoms with Gasteiger partial charge in [0.15, 0.2) is 16.6 Å². The van der Waals surface area contributed by atoms with Crippen LogP contribution in [0.1, 0.15) is 13.3 Å². The summed E-state index contributed by atoms with van der Waals surface area (Å²) < 4.78 is 0. The molecule has 2 rings (SSSR count). The monoisotopic (exact) mass is 234 g/mol. The van der Waals surface area contributed by atoms with Crippen LogP contribution in [0.25, 0.3) is 11.2 Å². The van der Waals surface area contributed by atoms with E-state index < -0.39 is 0 Å². The van der Waals surface area contributed by atoms with Gasteiger partial charge >= 0.3 is 0 Å². The molecular formula is C9H10N6S. The van der Waals surface area contributed by atoms with E-state index in [1.807, 2.05) is 6.92 Å². The normalized spacial score (nSPS) is 10.1. The van der Waals surface area contributed by atoms with Crippen molar-refractivity contribution >= 4 is 34.7 Å².